The lowest BCUT2D eigenvalue weighted by Gasteiger charge is -2.24. The van der Waals surface area contributed by atoms with Gasteiger partial charge in [-0.05, 0) is 51.4 Å². The first-order valence-corrected chi connectivity index (χ1v) is 25.4. The molecule has 0 bridgehead atoms. The van der Waals surface area contributed by atoms with Crippen molar-refractivity contribution in [1.29, 1.82) is 0 Å². The maximum absolute atomic E-state index is 13.2. The van der Waals surface area contributed by atoms with Crippen LogP contribution < -0.4 is 5.32 Å². The van der Waals surface area contributed by atoms with Gasteiger partial charge in [0.05, 0.1) is 25.2 Å². The molecule has 338 valence electrons. The Morgan fingerprint density at radius 3 is 1.26 bits per heavy atom. The summed E-state index contributed by atoms with van der Waals surface area (Å²) in [5.41, 5.74) is 0. The van der Waals surface area contributed by atoms with Crippen LogP contribution in [0.5, 0.6) is 0 Å². The monoisotopic (exact) mass is 806 g/mol. The molecule has 0 aromatic carbocycles. The molecule has 0 saturated heterocycles. The number of amides is 1. The Bertz CT molecular complexity index is 863. The number of unbranched alkanes of at least 4 members (excludes halogenated alkanes) is 32. The van der Waals surface area contributed by atoms with Crippen molar-refractivity contribution in [3.8, 4) is 0 Å². The molecule has 0 radical (unpaired) electrons. The summed E-state index contributed by atoms with van der Waals surface area (Å²) in [5, 5.41) is 23.7. The lowest BCUT2D eigenvalue weighted by Crippen LogP contribution is -2.46. The summed E-state index contributed by atoms with van der Waals surface area (Å²) in [6.07, 6.45) is 49.8. The average Bonchev–Trinajstić information content (AvgIpc) is 3.20. The van der Waals surface area contributed by atoms with Gasteiger partial charge in [-0.3, -0.25) is 9.59 Å². The quantitative estimate of drug-likeness (QED) is 0.0323. The highest BCUT2D eigenvalue weighted by molar-refractivity contribution is 5.77. The standard InChI is InChI=1S/C51H99NO5/c1-4-7-10-13-16-19-22-24-26-29-32-35-38-41-44-51(56)57-47(42-39-36-33-30-28-25-23-20-17-14-11-8-5-2)45-50(55)52-48(46-53)49(54)43-40-37-34-31-27-21-18-15-12-9-6-3/h20,23,47-49,53-54H,4-19,21-22,24-46H2,1-3H3,(H,52,55)/b23-20-. The van der Waals surface area contributed by atoms with Crippen LogP contribution in [-0.2, 0) is 14.3 Å². The number of rotatable bonds is 46. The van der Waals surface area contributed by atoms with Crippen LogP contribution in [0.4, 0.5) is 0 Å². The molecule has 0 aromatic rings. The zero-order valence-corrected chi connectivity index (χ0v) is 38.5. The highest BCUT2D eigenvalue weighted by Crippen LogP contribution is 2.18. The van der Waals surface area contributed by atoms with Gasteiger partial charge < -0.3 is 20.3 Å². The van der Waals surface area contributed by atoms with E-state index in [-0.39, 0.29) is 24.9 Å². The molecule has 0 aliphatic heterocycles. The molecule has 57 heavy (non-hydrogen) atoms. The van der Waals surface area contributed by atoms with E-state index < -0.39 is 18.2 Å². The van der Waals surface area contributed by atoms with Gasteiger partial charge >= 0.3 is 5.97 Å². The van der Waals surface area contributed by atoms with Crippen LogP contribution in [-0.4, -0.2) is 46.9 Å². The maximum atomic E-state index is 13.2. The van der Waals surface area contributed by atoms with Gasteiger partial charge in [0.25, 0.3) is 0 Å². The second-order valence-corrected chi connectivity index (χ2v) is 17.6. The van der Waals surface area contributed by atoms with E-state index in [4.69, 9.17) is 4.74 Å². The number of hydrogen-bond acceptors (Lipinski definition) is 5. The molecule has 0 heterocycles. The number of allylic oxidation sites excluding steroid dienone is 2. The molecule has 3 atom stereocenters. The number of esters is 1. The molecule has 0 spiro atoms. The third-order valence-electron chi connectivity index (χ3n) is 11.8. The Hall–Kier alpha value is -1.40. The second-order valence-electron chi connectivity index (χ2n) is 17.6. The Labute approximate surface area is 355 Å². The number of carbonyl (C=O) groups excluding carboxylic acids is 2. The zero-order valence-electron chi connectivity index (χ0n) is 38.5. The second kappa shape index (κ2) is 45.7. The summed E-state index contributed by atoms with van der Waals surface area (Å²) >= 11 is 0. The molecule has 6 heteroatoms. The van der Waals surface area contributed by atoms with E-state index in [9.17, 15) is 19.8 Å². The van der Waals surface area contributed by atoms with E-state index in [1.54, 1.807) is 0 Å². The molecular formula is C51H99NO5. The summed E-state index contributed by atoms with van der Waals surface area (Å²) in [5.74, 6) is -0.466. The lowest BCUT2D eigenvalue weighted by atomic mass is 10.0. The van der Waals surface area contributed by atoms with E-state index in [0.29, 0.717) is 19.3 Å². The molecule has 0 aliphatic carbocycles. The van der Waals surface area contributed by atoms with Crippen molar-refractivity contribution in [2.75, 3.05) is 6.61 Å². The maximum Gasteiger partial charge on any atom is 0.306 e. The molecule has 0 aromatic heterocycles. The van der Waals surface area contributed by atoms with Gasteiger partial charge in [0, 0.05) is 6.42 Å². The van der Waals surface area contributed by atoms with Gasteiger partial charge in [0.2, 0.25) is 5.91 Å². The predicted octanol–water partition coefficient (Wildman–Crippen LogP) is 15.0. The van der Waals surface area contributed by atoms with Crippen LogP contribution in [0, 0.1) is 0 Å². The van der Waals surface area contributed by atoms with Crippen LogP contribution in [0.1, 0.15) is 278 Å². The van der Waals surface area contributed by atoms with Crippen LogP contribution in [0.15, 0.2) is 12.2 Å². The molecule has 0 saturated carbocycles. The number of nitrogens with one attached hydrogen (secondary N) is 1. The van der Waals surface area contributed by atoms with E-state index in [1.807, 2.05) is 0 Å². The van der Waals surface area contributed by atoms with Gasteiger partial charge in [-0.2, -0.15) is 0 Å². The molecule has 3 N–H and O–H groups in total. The molecule has 3 unspecified atom stereocenters. The van der Waals surface area contributed by atoms with Gasteiger partial charge in [-0.1, -0.05) is 226 Å². The zero-order chi connectivity index (χ0) is 41.7. The summed E-state index contributed by atoms with van der Waals surface area (Å²) in [7, 11) is 0. The lowest BCUT2D eigenvalue weighted by molar-refractivity contribution is -0.151. The number of aliphatic hydroxyl groups is 2. The topological polar surface area (TPSA) is 95.9 Å². The molecule has 0 rings (SSSR count). The third-order valence-corrected chi connectivity index (χ3v) is 11.8. The first-order chi connectivity index (χ1) is 28.0. The first-order valence-electron chi connectivity index (χ1n) is 25.4. The predicted molar refractivity (Wildman–Crippen MR) is 246 cm³/mol. The third kappa shape index (κ3) is 41.1. The molecule has 0 aliphatic rings. The fourth-order valence-electron chi connectivity index (χ4n) is 7.96. The molecule has 0 fully saturated rings. The fourth-order valence-corrected chi connectivity index (χ4v) is 7.96. The minimum atomic E-state index is -0.783. The summed E-state index contributed by atoms with van der Waals surface area (Å²) in [4.78, 5) is 26.1. The van der Waals surface area contributed by atoms with Gasteiger partial charge in [0.15, 0.2) is 0 Å². The summed E-state index contributed by atoms with van der Waals surface area (Å²) in [6.45, 7) is 6.48. The first kappa shape index (κ1) is 55.6. The van der Waals surface area contributed by atoms with E-state index >= 15 is 0 Å². The molecule has 1 amide bonds. The Balaban J connectivity index is 4.55. The molecular weight excluding hydrogens is 707 g/mol. The summed E-state index contributed by atoms with van der Waals surface area (Å²) < 4.78 is 5.93. The number of carbonyl (C=O) groups is 2. The van der Waals surface area contributed by atoms with Crippen molar-refractivity contribution < 1.29 is 24.5 Å². The van der Waals surface area contributed by atoms with Crippen molar-refractivity contribution in [2.24, 2.45) is 0 Å². The summed E-state index contributed by atoms with van der Waals surface area (Å²) in [6, 6.07) is -0.696. The van der Waals surface area contributed by atoms with Gasteiger partial charge in [0.1, 0.15) is 6.10 Å². The van der Waals surface area contributed by atoms with Gasteiger partial charge in [-0.15, -0.1) is 0 Å². The number of ether oxygens (including phenoxy) is 1. The highest BCUT2D eigenvalue weighted by Gasteiger charge is 2.24. The Morgan fingerprint density at radius 1 is 0.491 bits per heavy atom. The minimum Gasteiger partial charge on any atom is -0.462 e. The molecule has 6 nitrogen and oxygen atoms in total. The van der Waals surface area contributed by atoms with Crippen molar-refractivity contribution in [2.45, 2.75) is 296 Å². The Kier molecular flexibility index (Phi) is 44.6. The van der Waals surface area contributed by atoms with Crippen molar-refractivity contribution >= 4 is 11.9 Å². The fraction of sp³-hybridized carbons (Fsp3) is 0.922. The van der Waals surface area contributed by atoms with Gasteiger partial charge in [-0.25, -0.2) is 0 Å². The van der Waals surface area contributed by atoms with Crippen molar-refractivity contribution in [3.63, 3.8) is 0 Å². The highest BCUT2D eigenvalue weighted by atomic mass is 16.5. The van der Waals surface area contributed by atoms with Crippen LogP contribution in [0.2, 0.25) is 0 Å². The van der Waals surface area contributed by atoms with E-state index in [0.717, 1.165) is 57.8 Å². The average molecular weight is 806 g/mol. The number of hydrogen-bond donors (Lipinski definition) is 3. The van der Waals surface area contributed by atoms with Crippen LogP contribution in [0.3, 0.4) is 0 Å². The Morgan fingerprint density at radius 2 is 0.842 bits per heavy atom. The minimum absolute atomic E-state index is 0.0786. The normalized spacial score (nSPS) is 13.3. The van der Waals surface area contributed by atoms with Crippen LogP contribution in [0.25, 0.3) is 0 Å². The van der Waals surface area contributed by atoms with E-state index in [1.165, 1.54) is 173 Å². The van der Waals surface area contributed by atoms with E-state index in [2.05, 4.69) is 38.2 Å². The smallest absolute Gasteiger partial charge is 0.306 e. The van der Waals surface area contributed by atoms with Crippen LogP contribution >= 0.6 is 0 Å². The largest absolute Gasteiger partial charge is 0.462 e. The van der Waals surface area contributed by atoms with Crippen molar-refractivity contribution in [1.82, 2.24) is 5.32 Å². The van der Waals surface area contributed by atoms with Crippen molar-refractivity contribution in [3.05, 3.63) is 12.2 Å². The number of aliphatic hydroxyl groups excluding tert-OH is 2. The SMILES string of the molecule is CCCCCC/C=C\CCCCCCCC(CC(=O)NC(CO)C(O)CCCCCCCCCCCCC)OC(=O)CCCCCCCCCCCCCCCC.